The van der Waals surface area contributed by atoms with E-state index in [1.54, 1.807) is 12.1 Å². The number of Topliss-reactive ketones (excluding diaryl/α,β-unsaturated/α-hetero) is 1. The van der Waals surface area contributed by atoms with Gasteiger partial charge in [-0.2, -0.15) is 0 Å². The molecule has 0 bridgehead atoms. The van der Waals surface area contributed by atoms with E-state index >= 15 is 0 Å². The molecule has 0 radical (unpaired) electrons. The van der Waals surface area contributed by atoms with E-state index in [0.717, 1.165) is 13.0 Å². The van der Waals surface area contributed by atoms with Crippen molar-refractivity contribution in [3.8, 4) is 0 Å². The molecule has 94 valence electrons. The van der Waals surface area contributed by atoms with Crippen LogP contribution in [-0.4, -0.2) is 24.3 Å². The van der Waals surface area contributed by atoms with Crippen molar-refractivity contribution >= 4 is 5.78 Å². The molecule has 17 heavy (non-hydrogen) atoms. The van der Waals surface area contributed by atoms with Crippen molar-refractivity contribution in [3.05, 3.63) is 35.6 Å². The fourth-order valence-corrected chi connectivity index (χ4v) is 1.72. The standard InChI is InChI=1S/C14H20FNO/c1-3-13(17)8-6-10-16(2)11-12-7-4-5-9-14(12)15/h4-5,7,9H,3,6,8,10-11H2,1-2H3. The van der Waals surface area contributed by atoms with E-state index in [9.17, 15) is 9.18 Å². The van der Waals surface area contributed by atoms with Crippen LogP contribution in [0.3, 0.4) is 0 Å². The topological polar surface area (TPSA) is 20.3 Å². The molecule has 0 aliphatic carbocycles. The Bertz CT molecular complexity index is 365. The van der Waals surface area contributed by atoms with Gasteiger partial charge in [0.05, 0.1) is 0 Å². The summed E-state index contributed by atoms with van der Waals surface area (Å²) in [6, 6.07) is 6.80. The molecule has 0 aliphatic rings. The lowest BCUT2D eigenvalue weighted by Crippen LogP contribution is -2.20. The Labute approximate surface area is 102 Å². The number of nitrogens with zero attached hydrogens (tertiary/aromatic N) is 1. The summed E-state index contributed by atoms with van der Waals surface area (Å²) in [7, 11) is 1.95. The van der Waals surface area contributed by atoms with Crippen LogP contribution in [0.15, 0.2) is 24.3 Å². The van der Waals surface area contributed by atoms with Gasteiger partial charge in [0.2, 0.25) is 0 Å². The number of halogens is 1. The Morgan fingerprint density at radius 2 is 2.06 bits per heavy atom. The van der Waals surface area contributed by atoms with Crippen molar-refractivity contribution in [2.45, 2.75) is 32.7 Å². The van der Waals surface area contributed by atoms with Crippen LogP contribution in [0.2, 0.25) is 0 Å². The fourth-order valence-electron chi connectivity index (χ4n) is 1.72. The molecular formula is C14H20FNO. The number of carbonyl (C=O) groups is 1. The molecule has 0 unspecified atom stereocenters. The third-order valence-corrected chi connectivity index (χ3v) is 2.79. The van der Waals surface area contributed by atoms with E-state index in [-0.39, 0.29) is 5.82 Å². The number of carbonyl (C=O) groups excluding carboxylic acids is 1. The first-order chi connectivity index (χ1) is 8.13. The van der Waals surface area contributed by atoms with E-state index in [0.29, 0.717) is 30.7 Å². The van der Waals surface area contributed by atoms with Crippen LogP contribution in [0.1, 0.15) is 31.7 Å². The maximum atomic E-state index is 13.4. The molecular weight excluding hydrogens is 217 g/mol. The summed E-state index contributed by atoms with van der Waals surface area (Å²) >= 11 is 0. The highest BCUT2D eigenvalue weighted by Gasteiger charge is 2.05. The molecule has 0 saturated heterocycles. The van der Waals surface area contributed by atoms with Crippen LogP contribution >= 0.6 is 0 Å². The van der Waals surface area contributed by atoms with Crippen LogP contribution in [-0.2, 0) is 11.3 Å². The van der Waals surface area contributed by atoms with Crippen LogP contribution in [0.25, 0.3) is 0 Å². The first-order valence-corrected chi connectivity index (χ1v) is 6.07. The predicted molar refractivity (Wildman–Crippen MR) is 67.3 cm³/mol. The zero-order chi connectivity index (χ0) is 12.7. The monoisotopic (exact) mass is 237 g/mol. The summed E-state index contributed by atoms with van der Waals surface area (Å²) in [5.74, 6) is 0.133. The highest BCUT2D eigenvalue weighted by Crippen LogP contribution is 2.09. The molecule has 1 aromatic rings. The summed E-state index contributed by atoms with van der Waals surface area (Å²) in [6.07, 6.45) is 2.08. The van der Waals surface area contributed by atoms with Gasteiger partial charge in [-0.3, -0.25) is 4.79 Å². The molecule has 0 aliphatic heterocycles. The summed E-state index contributed by atoms with van der Waals surface area (Å²) in [5, 5.41) is 0. The zero-order valence-electron chi connectivity index (χ0n) is 10.6. The van der Waals surface area contributed by atoms with Gasteiger partial charge in [0.1, 0.15) is 11.6 Å². The molecule has 0 fully saturated rings. The Hall–Kier alpha value is -1.22. The normalized spacial score (nSPS) is 10.8. The largest absolute Gasteiger partial charge is 0.302 e. The Balaban J connectivity index is 2.32. The maximum Gasteiger partial charge on any atom is 0.132 e. The van der Waals surface area contributed by atoms with Crippen LogP contribution in [0.4, 0.5) is 4.39 Å². The van der Waals surface area contributed by atoms with Crippen molar-refractivity contribution in [1.82, 2.24) is 4.90 Å². The Kier molecular flexibility index (Phi) is 5.84. The molecule has 0 atom stereocenters. The summed E-state index contributed by atoms with van der Waals surface area (Å²) in [4.78, 5) is 13.2. The third kappa shape index (κ3) is 5.09. The molecule has 0 N–H and O–H groups in total. The number of hydrogen-bond acceptors (Lipinski definition) is 2. The van der Waals surface area contributed by atoms with E-state index in [4.69, 9.17) is 0 Å². The highest BCUT2D eigenvalue weighted by molar-refractivity contribution is 5.77. The van der Waals surface area contributed by atoms with Gasteiger partial charge in [0.25, 0.3) is 0 Å². The SMILES string of the molecule is CCC(=O)CCCN(C)Cc1ccccc1F. The molecule has 1 rings (SSSR count). The van der Waals surface area contributed by atoms with Gasteiger partial charge in [-0.15, -0.1) is 0 Å². The van der Waals surface area contributed by atoms with E-state index < -0.39 is 0 Å². The van der Waals surface area contributed by atoms with Gasteiger partial charge in [0, 0.05) is 24.9 Å². The summed E-state index contributed by atoms with van der Waals surface area (Å²) < 4.78 is 13.4. The number of hydrogen-bond donors (Lipinski definition) is 0. The smallest absolute Gasteiger partial charge is 0.132 e. The second-order valence-corrected chi connectivity index (χ2v) is 4.32. The lowest BCUT2D eigenvalue weighted by Gasteiger charge is -2.16. The van der Waals surface area contributed by atoms with Gasteiger partial charge in [-0.25, -0.2) is 4.39 Å². The molecule has 0 heterocycles. The van der Waals surface area contributed by atoms with E-state index in [1.807, 2.05) is 24.9 Å². The molecule has 3 heteroatoms. The van der Waals surface area contributed by atoms with Crippen molar-refractivity contribution in [3.63, 3.8) is 0 Å². The summed E-state index contributed by atoms with van der Waals surface area (Å²) in [6.45, 7) is 3.29. The Morgan fingerprint density at radius 1 is 1.35 bits per heavy atom. The molecule has 2 nitrogen and oxygen atoms in total. The second kappa shape index (κ2) is 7.17. The molecule has 0 aromatic heterocycles. The van der Waals surface area contributed by atoms with Crippen LogP contribution < -0.4 is 0 Å². The average Bonchev–Trinajstić information content (AvgIpc) is 2.32. The van der Waals surface area contributed by atoms with Crippen molar-refractivity contribution in [2.75, 3.05) is 13.6 Å². The van der Waals surface area contributed by atoms with Crippen molar-refractivity contribution in [1.29, 1.82) is 0 Å². The molecule has 0 saturated carbocycles. The number of rotatable bonds is 7. The quantitative estimate of drug-likeness (QED) is 0.726. The first kappa shape index (κ1) is 13.8. The van der Waals surface area contributed by atoms with E-state index in [1.165, 1.54) is 6.07 Å². The van der Waals surface area contributed by atoms with Gasteiger partial charge < -0.3 is 4.90 Å². The average molecular weight is 237 g/mol. The minimum Gasteiger partial charge on any atom is -0.302 e. The second-order valence-electron chi connectivity index (χ2n) is 4.32. The lowest BCUT2D eigenvalue weighted by molar-refractivity contribution is -0.118. The van der Waals surface area contributed by atoms with Gasteiger partial charge in [-0.1, -0.05) is 25.1 Å². The van der Waals surface area contributed by atoms with Gasteiger partial charge in [-0.05, 0) is 26.1 Å². The van der Waals surface area contributed by atoms with Crippen LogP contribution in [0.5, 0.6) is 0 Å². The number of ketones is 1. The Morgan fingerprint density at radius 3 is 2.71 bits per heavy atom. The minimum atomic E-state index is -0.163. The predicted octanol–water partition coefficient (Wildman–Crippen LogP) is 3.02. The van der Waals surface area contributed by atoms with Crippen LogP contribution in [0, 0.1) is 5.82 Å². The highest BCUT2D eigenvalue weighted by atomic mass is 19.1. The van der Waals surface area contributed by atoms with E-state index in [2.05, 4.69) is 0 Å². The number of benzene rings is 1. The zero-order valence-corrected chi connectivity index (χ0v) is 10.6. The first-order valence-electron chi connectivity index (χ1n) is 6.07. The van der Waals surface area contributed by atoms with Crippen molar-refractivity contribution < 1.29 is 9.18 Å². The fraction of sp³-hybridized carbons (Fsp3) is 0.500. The molecule has 1 aromatic carbocycles. The van der Waals surface area contributed by atoms with Crippen molar-refractivity contribution in [2.24, 2.45) is 0 Å². The van der Waals surface area contributed by atoms with Gasteiger partial charge >= 0.3 is 0 Å². The third-order valence-electron chi connectivity index (χ3n) is 2.79. The molecule has 0 spiro atoms. The summed E-state index contributed by atoms with van der Waals surface area (Å²) in [5.41, 5.74) is 0.705. The lowest BCUT2D eigenvalue weighted by atomic mass is 10.1. The minimum absolute atomic E-state index is 0.163. The molecule has 0 amide bonds. The maximum absolute atomic E-state index is 13.4. The van der Waals surface area contributed by atoms with Gasteiger partial charge in [0.15, 0.2) is 0 Å².